The van der Waals surface area contributed by atoms with Crippen LogP contribution in [0.2, 0.25) is 0 Å². The molecule has 1 saturated carbocycles. The molecular formula is C12H17N3O2. The largest absolute Gasteiger partial charge is 0.333 e. The molecule has 1 saturated heterocycles. The monoisotopic (exact) mass is 235 g/mol. The van der Waals surface area contributed by atoms with E-state index < -0.39 is 11.8 Å². The first-order valence-corrected chi connectivity index (χ1v) is 6.18. The third kappa shape index (κ3) is 1.99. The van der Waals surface area contributed by atoms with Crippen molar-refractivity contribution >= 4 is 11.8 Å². The molecule has 0 aromatic rings. The molecule has 0 radical (unpaired) electrons. The van der Waals surface area contributed by atoms with Crippen molar-refractivity contribution in [3.63, 3.8) is 0 Å². The van der Waals surface area contributed by atoms with Gasteiger partial charge >= 0.3 is 11.8 Å². The molecule has 2 aliphatic rings. The van der Waals surface area contributed by atoms with Gasteiger partial charge in [0.05, 0.1) is 12.0 Å². The van der Waals surface area contributed by atoms with Crippen LogP contribution in [0, 0.1) is 17.2 Å². The zero-order valence-electron chi connectivity index (χ0n) is 10.1. The number of carbonyl (C=O) groups excluding carboxylic acids is 2. The van der Waals surface area contributed by atoms with E-state index in [0.29, 0.717) is 19.6 Å². The van der Waals surface area contributed by atoms with Crippen LogP contribution >= 0.6 is 0 Å². The predicted molar refractivity (Wildman–Crippen MR) is 60.7 cm³/mol. The number of carbonyl (C=O) groups is 2. The van der Waals surface area contributed by atoms with E-state index in [2.05, 4.69) is 6.07 Å². The van der Waals surface area contributed by atoms with Gasteiger partial charge in [-0.1, -0.05) is 0 Å². The molecule has 2 atom stereocenters. The summed E-state index contributed by atoms with van der Waals surface area (Å²) in [4.78, 5) is 26.9. The summed E-state index contributed by atoms with van der Waals surface area (Å²) in [7, 11) is 0. The van der Waals surface area contributed by atoms with E-state index in [4.69, 9.17) is 5.26 Å². The molecule has 2 fully saturated rings. The van der Waals surface area contributed by atoms with Crippen molar-refractivity contribution in [2.75, 3.05) is 19.6 Å². The van der Waals surface area contributed by atoms with Crippen LogP contribution in [-0.4, -0.2) is 47.3 Å². The maximum Gasteiger partial charge on any atom is 0.312 e. The van der Waals surface area contributed by atoms with Gasteiger partial charge in [0.1, 0.15) is 0 Å². The number of hydrogen-bond acceptors (Lipinski definition) is 3. The lowest BCUT2D eigenvalue weighted by molar-refractivity contribution is -0.157. The molecule has 2 rings (SSSR count). The van der Waals surface area contributed by atoms with Crippen LogP contribution in [-0.2, 0) is 9.59 Å². The summed E-state index contributed by atoms with van der Waals surface area (Å²) in [6, 6.07) is 2.21. The highest BCUT2D eigenvalue weighted by Gasteiger charge is 2.40. The molecule has 5 nitrogen and oxygen atoms in total. The quantitative estimate of drug-likeness (QED) is 0.649. The summed E-state index contributed by atoms with van der Waals surface area (Å²) in [6.07, 6.45) is 2.67. The second-order valence-corrected chi connectivity index (χ2v) is 4.62. The van der Waals surface area contributed by atoms with E-state index >= 15 is 0 Å². The molecule has 0 bridgehead atoms. The highest BCUT2D eigenvalue weighted by Crippen LogP contribution is 2.30. The fraction of sp³-hybridized carbons (Fsp3) is 0.750. The SMILES string of the molecule is CCN1CCN(C2CCCC2C#N)C(=O)C1=O. The Morgan fingerprint density at radius 3 is 2.71 bits per heavy atom. The summed E-state index contributed by atoms with van der Waals surface area (Å²) in [5.74, 6) is -0.937. The third-order valence-electron chi connectivity index (χ3n) is 3.77. The van der Waals surface area contributed by atoms with Crippen molar-refractivity contribution in [2.24, 2.45) is 5.92 Å². The van der Waals surface area contributed by atoms with Crippen LogP contribution in [0.15, 0.2) is 0 Å². The minimum absolute atomic E-state index is 0.0459. The van der Waals surface area contributed by atoms with Crippen LogP contribution < -0.4 is 0 Å². The van der Waals surface area contributed by atoms with Gasteiger partial charge in [-0.05, 0) is 26.2 Å². The number of amides is 2. The Kier molecular flexibility index (Phi) is 3.32. The number of rotatable bonds is 2. The van der Waals surface area contributed by atoms with Gasteiger partial charge in [0.2, 0.25) is 0 Å². The zero-order chi connectivity index (χ0) is 12.4. The molecule has 92 valence electrons. The molecule has 5 heteroatoms. The number of nitriles is 1. The predicted octanol–water partition coefficient (Wildman–Crippen LogP) is 0.369. The second kappa shape index (κ2) is 4.74. The molecule has 0 N–H and O–H groups in total. The van der Waals surface area contributed by atoms with Gasteiger partial charge in [0, 0.05) is 25.7 Å². The molecule has 1 aliphatic heterocycles. The van der Waals surface area contributed by atoms with Gasteiger partial charge in [-0.25, -0.2) is 0 Å². The molecular weight excluding hydrogens is 218 g/mol. The van der Waals surface area contributed by atoms with Crippen molar-refractivity contribution in [1.82, 2.24) is 9.80 Å². The average molecular weight is 235 g/mol. The molecule has 1 heterocycles. The van der Waals surface area contributed by atoms with Crippen LogP contribution in [0.1, 0.15) is 26.2 Å². The molecule has 0 aromatic carbocycles. The van der Waals surface area contributed by atoms with Gasteiger partial charge in [0.25, 0.3) is 0 Å². The topological polar surface area (TPSA) is 64.4 Å². The van der Waals surface area contributed by atoms with E-state index in [-0.39, 0.29) is 12.0 Å². The Morgan fingerprint density at radius 2 is 2.06 bits per heavy atom. The average Bonchev–Trinajstić information content (AvgIpc) is 2.80. The normalized spacial score (nSPS) is 29.6. The summed E-state index contributed by atoms with van der Waals surface area (Å²) >= 11 is 0. The Morgan fingerprint density at radius 1 is 1.29 bits per heavy atom. The van der Waals surface area contributed by atoms with Gasteiger partial charge in [-0.15, -0.1) is 0 Å². The van der Waals surface area contributed by atoms with E-state index in [1.54, 1.807) is 9.80 Å². The van der Waals surface area contributed by atoms with E-state index in [9.17, 15) is 9.59 Å². The number of hydrogen-bond donors (Lipinski definition) is 0. The fourth-order valence-corrected chi connectivity index (χ4v) is 2.77. The first-order valence-electron chi connectivity index (χ1n) is 6.18. The van der Waals surface area contributed by atoms with Crippen molar-refractivity contribution in [3.8, 4) is 6.07 Å². The molecule has 17 heavy (non-hydrogen) atoms. The molecule has 1 aliphatic carbocycles. The molecule has 0 spiro atoms. The highest BCUT2D eigenvalue weighted by atomic mass is 16.2. The van der Waals surface area contributed by atoms with Crippen molar-refractivity contribution < 1.29 is 9.59 Å². The van der Waals surface area contributed by atoms with Crippen molar-refractivity contribution in [2.45, 2.75) is 32.2 Å². The smallest absolute Gasteiger partial charge is 0.312 e. The van der Waals surface area contributed by atoms with Gasteiger partial charge in [0.15, 0.2) is 0 Å². The number of likely N-dealkylation sites (N-methyl/N-ethyl adjacent to an activating group) is 1. The Balaban J connectivity index is 2.11. The van der Waals surface area contributed by atoms with Crippen LogP contribution in [0.3, 0.4) is 0 Å². The Labute approximate surface area is 101 Å². The summed E-state index contributed by atoms with van der Waals surface area (Å²) in [5, 5.41) is 9.03. The van der Waals surface area contributed by atoms with Crippen LogP contribution in [0.5, 0.6) is 0 Å². The van der Waals surface area contributed by atoms with Crippen molar-refractivity contribution in [1.29, 1.82) is 5.26 Å². The highest BCUT2D eigenvalue weighted by molar-refractivity contribution is 6.35. The Hall–Kier alpha value is -1.57. The number of piperazine rings is 1. The van der Waals surface area contributed by atoms with Crippen LogP contribution in [0.4, 0.5) is 0 Å². The van der Waals surface area contributed by atoms with E-state index in [1.165, 1.54) is 0 Å². The maximum absolute atomic E-state index is 12.0. The lowest BCUT2D eigenvalue weighted by Gasteiger charge is -2.37. The van der Waals surface area contributed by atoms with E-state index in [1.807, 2.05) is 6.92 Å². The zero-order valence-corrected chi connectivity index (χ0v) is 10.1. The minimum atomic E-state index is -0.426. The van der Waals surface area contributed by atoms with Gasteiger partial charge in [-0.3, -0.25) is 9.59 Å². The summed E-state index contributed by atoms with van der Waals surface area (Å²) < 4.78 is 0. The fourth-order valence-electron chi connectivity index (χ4n) is 2.77. The van der Waals surface area contributed by atoms with Crippen molar-refractivity contribution in [3.05, 3.63) is 0 Å². The molecule has 2 amide bonds. The maximum atomic E-state index is 12.0. The first-order chi connectivity index (χ1) is 8.19. The lowest BCUT2D eigenvalue weighted by Crippen LogP contribution is -2.57. The summed E-state index contributed by atoms with van der Waals surface area (Å²) in [5.41, 5.74) is 0. The van der Waals surface area contributed by atoms with E-state index in [0.717, 1.165) is 19.3 Å². The first kappa shape index (κ1) is 11.9. The molecule has 0 aromatic heterocycles. The van der Waals surface area contributed by atoms with Crippen LogP contribution in [0.25, 0.3) is 0 Å². The number of nitrogens with zero attached hydrogens (tertiary/aromatic N) is 3. The third-order valence-corrected chi connectivity index (χ3v) is 3.77. The minimum Gasteiger partial charge on any atom is -0.333 e. The summed E-state index contributed by atoms with van der Waals surface area (Å²) in [6.45, 7) is 3.61. The molecule has 2 unspecified atom stereocenters. The Bertz CT molecular complexity index is 374. The van der Waals surface area contributed by atoms with Gasteiger partial charge < -0.3 is 9.80 Å². The van der Waals surface area contributed by atoms with Gasteiger partial charge in [-0.2, -0.15) is 5.26 Å². The standard InChI is InChI=1S/C12H17N3O2/c1-2-14-6-7-15(12(17)11(14)16)10-5-3-4-9(10)8-13/h9-10H,2-7H2,1H3. The second-order valence-electron chi connectivity index (χ2n) is 4.62. The lowest BCUT2D eigenvalue weighted by atomic mass is 10.0.